The zero-order valence-corrected chi connectivity index (χ0v) is 25.5. The Hall–Kier alpha value is -4.95. The van der Waals surface area contributed by atoms with Gasteiger partial charge in [0.15, 0.2) is 0 Å². The van der Waals surface area contributed by atoms with Crippen LogP contribution in [0, 0.1) is 0 Å². The molecule has 2 heterocycles. The Labute approximate surface area is 264 Å². The molecular formula is C43H36N2. The molecule has 0 saturated heterocycles. The van der Waals surface area contributed by atoms with E-state index in [4.69, 9.17) is 4.98 Å². The third-order valence-electron chi connectivity index (χ3n) is 10.1. The molecule has 2 aromatic heterocycles. The number of allylic oxidation sites excluding steroid dienone is 6. The zero-order valence-electron chi connectivity index (χ0n) is 25.5. The SMILES string of the molecule is C1=CCCC(C(c2ccccc2)c2ccc3ccc(-c4ccc5nc6c7c(c8c(n6c5c4)C=CCCC8)C=CCC7)cc3c2)=C1. The first-order valence-electron chi connectivity index (χ1n) is 16.6. The zero-order chi connectivity index (χ0) is 29.7. The van der Waals surface area contributed by atoms with E-state index in [1.54, 1.807) is 0 Å². The Morgan fingerprint density at radius 1 is 0.644 bits per heavy atom. The Morgan fingerprint density at radius 2 is 1.49 bits per heavy atom. The van der Waals surface area contributed by atoms with Gasteiger partial charge in [0.05, 0.1) is 16.7 Å². The van der Waals surface area contributed by atoms with Crippen molar-refractivity contribution in [1.82, 2.24) is 9.38 Å². The van der Waals surface area contributed by atoms with Crippen molar-refractivity contribution in [2.45, 2.75) is 50.9 Å². The number of imidazole rings is 1. The average molecular weight is 581 g/mol. The molecule has 0 saturated carbocycles. The van der Waals surface area contributed by atoms with Crippen LogP contribution in [0.3, 0.4) is 0 Å². The van der Waals surface area contributed by atoms with Crippen molar-refractivity contribution in [3.05, 3.63) is 154 Å². The van der Waals surface area contributed by atoms with Gasteiger partial charge in [0.2, 0.25) is 0 Å². The summed E-state index contributed by atoms with van der Waals surface area (Å²) in [6.45, 7) is 0. The van der Waals surface area contributed by atoms with Crippen molar-refractivity contribution in [3.8, 4) is 11.1 Å². The molecule has 1 atom stereocenters. The molecular weight excluding hydrogens is 544 g/mol. The Morgan fingerprint density at radius 3 is 2.40 bits per heavy atom. The lowest BCUT2D eigenvalue weighted by molar-refractivity contribution is 0.832. The number of nitrogens with zero attached hydrogens (tertiary/aromatic N) is 2. The molecule has 2 nitrogen and oxygen atoms in total. The molecule has 0 spiro atoms. The summed E-state index contributed by atoms with van der Waals surface area (Å²) in [7, 11) is 0. The van der Waals surface area contributed by atoms with Gasteiger partial charge in [0.1, 0.15) is 5.65 Å². The van der Waals surface area contributed by atoms with Gasteiger partial charge in [-0.25, -0.2) is 4.98 Å². The molecule has 4 aromatic carbocycles. The monoisotopic (exact) mass is 580 g/mol. The van der Waals surface area contributed by atoms with Gasteiger partial charge >= 0.3 is 0 Å². The Kier molecular flexibility index (Phi) is 6.40. The normalized spacial score (nSPS) is 16.5. The number of aromatic nitrogens is 2. The van der Waals surface area contributed by atoms with E-state index >= 15 is 0 Å². The third-order valence-corrected chi connectivity index (χ3v) is 10.1. The van der Waals surface area contributed by atoms with Crippen molar-refractivity contribution in [1.29, 1.82) is 0 Å². The maximum atomic E-state index is 5.24. The Bertz CT molecular complexity index is 2240. The van der Waals surface area contributed by atoms with Gasteiger partial charge < -0.3 is 0 Å². The van der Waals surface area contributed by atoms with Gasteiger partial charge in [0.25, 0.3) is 0 Å². The second-order valence-electron chi connectivity index (χ2n) is 12.8. The van der Waals surface area contributed by atoms with Crippen LogP contribution in [0.2, 0.25) is 0 Å². The van der Waals surface area contributed by atoms with Crippen LogP contribution in [0.5, 0.6) is 0 Å². The number of fused-ring (bicyclic) bond motifs is 9. The third kappa shape index (κ3) is 4.51. The summed E-state index contributed by atoms with van der Waals surface area (Å²) in [4.78, 5) is 5.24. The fourth-order valence-electron chi connectivity index (χ4n) is 7.93. The van der Waals surface area contributed by atoms with E-state index in [2.05, 4.69) is 132 Å². The lowest BCUT2D eigenvalue weighted by Crippen LogP contribution is -2.08. The molecule has 0 aliphatic heterocycles. The van der Waals surface area contributed by atoms with Gasteiger partial charge in [-0.1, -0.05) is 109 Å². The standard InChI is InChI=1S/C43H36N2/c1-4-12-30(13-5-1)42(31-14-6-2-7-15-31)34-23-21-29-20-22-32(26-35(29)27-34)33-24-25-39-41(28-33)45-40-19-9-3-8-17-37(40)36-16-10-11-18-38(36)43(45)44-39/h1-2,4-6,9-10,12-14,16,19-28,42H,3,7-8,11,15,17-18H2. The first-order valence-corrected chi connectivity index (χ1v) is 16.6. The van der Waals surface area contributed by atoms with Crippen molar-refractivity contribution in [2.75, 3.05) is 0 Å². The first-order chi connectivity index (χ1) is 22.3. The van der Waals surface area contributed by atoms with Crippen LogP contribution in [0.1, 0.15) is 71.5 Å². The van der Waals surface area contributed by atoms with Crippen molar-refractivity contribution >= 4 is 39.6 Å². The van der Waals surface area contributed by atoms with Gasteiger partial charge in [-0.15, -0.1) is 0 Å². The molecule has 218 valence electrons. The second kappa shape index (κ2) is 10.9. The lowest BCUT2D eigenvalue weighted by atomic mass is 9.81. The lowest BCUT2D eigenvalue weighted by Gasteiger charge is -2.23. The van der Waals surface area contributed by atoms with Crippen LogP contribution >= 0.6 is 0 Å². The van der Waals surface area contributed by atoms with Crippen LogP contribution in [-0.4, -0.2) is 9.38 Å². The summed E-state index contributed by atoms with van der Waals surface area (Å²) in [6.07, 6.45) is 24.0. The van der Waals surface area contributed by atoms with Crippen molar-refractivity contribution < 1.29 is 0 Å². The second-order valence-corrected chi connectivity index (χ2v) is 12.8. The molecule has 3 aliphatic carbocycles. The van der Waals surface area contributed by atoms with E-state index in [1.165, 1.54) is 72.9 Å². The van der Waals surface area contributed by atoms with Crippen LogP contribution in [0.15, 0.2) is 121 Å². The fraction of sp³-hybridized carbons (Fsp3) is 0.186. The summed E-state index contributed by atoms with van der Waals surface area (Å²) in [5.41, 5.74) is 15.7. The summed E-state index contributed by atoms with van der Waals surface area (Å²) in [6, 6.07) is 31.9. The number of pyridine rings is 1. The van der Waals surface area contributed by atoms with Crippen molar-refractivity contribution in [2.24, 2.45) is 0 Å². The largest absolute Gasteiger partial charge is 0.292 e. The van der Waals surface area contributed by atoms with Crippen molar-refractivity contribution in [3.63, 3.8) is 0 Å². The molecule has 0 radical (unpaired) electrons. The molecule has 1 unspecified atom stereocenters. The van der Waals surface area contributed by atoms with Gasteiger partial charge in [-0.05, 0) is 113 Å². The number of rotatable bonds is 4. The highest BCUT2D eigenvalue weighted by molar-refractivity contribution is 5.92. The van der Waals surface area contributed by atoms with Gasteiger partial charge in [-0.3, -0.25) is 4.40 Å². The molecule has 2 heteroatoms. The highest BCUT2D eigenvalue weighted by atomic mass is 15.0. The molecule has 6 aromatic rings. The van der Waals surface area contributed by atoms with Gasteiger partial charge in [0, 0.05) is 11.5 Å². The molecule has 3 aliphatic rings. The number of hydrogen-bond acceptors (Lipinski definition) is 1. The molecule has 0 amide bonds. The van der Waals surface area contributed by atoms with Crippen LogP contribution in [0.25, 0.3) is 50.7 Å². The topological polar surface area (TPSA) is 17.3 Å². The minimum absolute atomic E-state index is 0.266. The summed E-state index contributed by atoms with van der Waals surface area (Å²) in [5, 5.41) is 2.56. The van der Waals surface area contributed by atoms with E-state index in [1.807, 2.05) is 0 Å². The summed E-state index contributed by atoms with van der Waals surface area (Å²) < 4.78 is 2.46. The highest BCUT2D eigenvalue weighted by Crippen LogP contribution is 2.39. The first kappa shape index (κ1) is 26.5. The summed E-state index contributed by atoms with van der Waals surface area (Å²) >= 11 is 0. The number of aryl methyl sites for hydroxylation is 1. The maximum Gasteiger partial charge on any atom is 0.142 e. The smallest absolute Gasteiger partial charge is 0.142 e. The predicted octanol–water partition coefficient (Wildman–Crippen LogP) is 11.0. The molecule has 0 N–H and O–H groups in total. The molecule has 0 fully saturated rings. The predicted molar refractivity (Wildman–Crippen MR) is 190 cm³/mol. The van der Waals surface area contributed by atoms with E-state index in [9.17, 15) is 0 Å². The molecule has 0 bridgehead atoms. The average Bonchev–Trinajstić information content (AvgIpc) is 3.31. The highest BCUT2D eigenvalue weighted by Gasteiger charge is 2.23. The quantitative estimate of drug-likeness (QED) is 0.203. The van der Waals surface area contributed by atoms with E-state index in [-0.39, 0.29) is 5.92 Å². The minimum atomic E-state index is 0.266. The summed E-state index contributed by atoms with van der Waals surface area (Å²) in [5.74, 6) is 0.266. The molecule has 45 heavy (non-hydrogen) atoms. The van der Waals surface area contributed by atoms with Crippen LogP contribution in [0.4, 0.5) is 0 Å². The Balaban J connectivity index is 1.19. The minimum Gasteiger partial charge on any atom is -0.292 e. The van der Waals surface area contributed by atoms with E-state index in [0.29, 0.717) is 0 Å². The van der Waals surface area contributed by atoms with Crippen LogP contribution < -0.4 is 0 Å². The fourth-order valence-corrected chi connectivity index (χ4v) is 7.93. The van der Waals surface area contributed by atoms with Gasteiger partial charge in [-0.2, -0.15) is 0 Å². The van der Waals surface area contributed by atoms with Crippen LogP contribution in [-0.2, 0) is 12.8 Å². The maximum absolute atomic E-state index is 5.24. The van der Waals surface area contributed by atoms with E-state index < -0.39 is 0 Å². The molecule has 9 rings (SSSR count). The number of benzene rings is 4. The number of hydrogen-bond donors (Lipinski definition) is 0. The van der Waals surface area contributed by atoms with E-state index in [0.717, 1.165) is 49.7 Å².